The molecule has 3 heterocycles. The summed E-state index contributed by atoms with van der Waals surface area (Å²) >= 11 is 0. The molecular formula is C18H23N3O2S. The highest BCUT2D eigenvalue weighted by atomic mass is 32.2. The third kappa shape index (κ3) is 2.78. The summed E-state index contributed by atoms with van der Waals surface area (Å²) in [6.07, 6.45) is 3.52. The van der Waals surface area contributed by atoms with E-state index in [1.54, 1.807) is 7.05 Å². The molecule has 0 unspecified atom stereocenters. The van der Waals surface area contributed by atoms with Crippen molar-refractivity contribution in [3.05, 3.63) is 36.5 Å². The number of ether oxygens (including phenoxy) is 1. The number of anilines is 1. The van der Waals surface area contributed by atoms with Gasteiger partial charge in [0.05, 0.1) is 17.7 Å². The number of fused-ring (bicyclic) bond motifs is 1. The molecule has 2 fully saturated rings. The van der Waals surface area contributed by atoms with Crippen LogP contribution in [-0.2, 0) is 14.5 Å². The van der Waals surface area contributed by atoms with Gasteiger partial charge in [-0.2, -0.15) is 0 Å². The predicted molar refractivity (Wildman–Crippen MR) is 98.1 cm³/mol. The molecule has 128 valence electrons. The Hall–Kier alpha value is -1.66. The van der Waals surface area contributed by atoms with Crippen LogP contribution in [-0.4, -0.2) is 53.0 Å². The van der Waals surface area contributed by atoms with Gasteiger partial charge in [0, 0.05) is 58.6 Å². The van der Waals surface area contributed by atoms with Crippen molar-refractivity contribution in [2.24, 2.45) is 4.36 Å². The lowest BCUT2D eigenvalue weighted by atomic mass is 9.94. The molecule has 2 saturated heterocycles. The first kappa shape index (κ1) is 15.8. The molecule has 0 N–H and O–H groups in total. The molecule has 4 rings (SSSR count). The molecule has 1 aromatic heterocycles. The van der Waals surface area contributed by atoms with Crippen LogP contribution in [0.4, 0.5) is 5.69 Å². The highest BCUT2D eigenvalue weighted by Gasteiger charge is 2.41. The maximum atomic E-state index is 12.5. The van der Waals surface area contributed by atoms with Gasteiger partial charge in [-0.3, -0.25) is 4.98 Å². The van der Waals surface area contributed by atoms with Crippen LogP contribution in [0.1, 0.15) is 12.8 Å². The molecule has 1 spiro atoms. The van der Waals surface area contributed by atoms with Crippen LogP contribution in [0.5, 0.6) is 0 Å². The van der Waals surface area contributed by atoms with E-state index in [0.29, 0.717) is 18.1 Å². The van der Waals surface area contributed by atoms with Crippen molar-refractivity contribution < 1.29 is 8.95 Å². The summed E-state index contributed by atoms with van der Waals surface area (Å²) in [4.78, 5) is 6.87. The van der Waals surface area contributed by atoms with Gasteiger partial charge in [0.1, 0.15) is 0 Å². The number of rotatable bonds is 1. The standard InChI is InChI=1S/C18H23N3O2S/c1-19-24(22)12-7-18(8-13-24)14-21(10-11-23-18)17-6-9-20-16-5-3-2-4-15(16)17/h2-6,9H,7-8,10-14H2,1H3. The molecule has 5 nitrogen and oxygen atoms in total. The van der Waals surface area contributed by atoms with Gasteiger partial charge in [-0.05, 0) is 25.0 Å². The molecule has 0 atom stereocenters. The highest BCUT2D eigenvalue weighted by Crippen LogP contribution is 2.35. The Morgan fingerprint density at radius 2 is 2.04 bits per heavy atom. The van der Waals surface area contributed by atoms with E-state index in [0.717, 1.165) is 31.4 Å². The molecule has 0 saturated carbocycles. The summed E-state index contributed by atoms with van der Waals surface area (Å²) in [6, 6.07) is 10.3. The number of hydrogen-bond donors (Lipinski definition) is 0. The molecule has 2 aliphatic rings. The second-order valence-corrected chi connectivity index (χ2v) is 9.39. The van der Waals surface area contributed by atoms with E-state index in [4.69, 9.17) is 4.74 Å². The SMILES string of the molecule is CN=S1(=O)CCC2(CC1)CN(c1ccnc3ccccc13)CCO2. The van der Waals surface area contributed by atoms with E-state index in [1.165, 1.54) is 11.1 Å². The zero-order chi connectivity index (χ0) is 16.6. The number of pyridine rings is 1. The second kappa shape index (κ2) is 6.01. The lowest BCUT2D eigenvalue weighted by Gasteiger charge is -2.46. The van der Waals surface area contributed by atoms with E-state index in [2.05, 4.69) is 32.4 Å². The number of nitrogens with zero attached hydrogens (tertiary/aromatic N) is 3. The number of hydrogen-bond acceptors (Lipinski definition) is 5. The Balaban J connectivity index is 1.63. The van der Waals surface area contributed by atoms with Gasteiger partial charge < -0.3 is 9.64 Å². The van der Waals surface area contributed by atoms with Crippen molar-refractivity contribution in [3.8, 4) is 0 Å². The van der Waals surface area contributed by atoms with Crippen LogP contribution in [0, 0.1) is 0 Å². The molecular weight excluding hydrogens is 322 g/mol. The maximum Gasteiger partial charge on any atom is 0.0875 e. The maximum absolute atomic E-state index is 12.5. The molecule has 0 aliphatic carbocycles. The van der Waals surface area contributed by atoms with E-state index >= 15 is 0 Å². The van der Waals surface area contributed by atoms with Crippen molar-refractivity contribution >= 4 is 26.3 Å². The fourth-order valence-corrected chi connectivity index (χ4v) is 5.76. The predicted octanol–water partition coefficient (Wildman–Crippen LogP) is 2.70. The minimum atomic E-state index is -2.00. The molecule has 0 bridgehead atoms. The molecule has 6 heteroatoms. The largest absolute Gasteiger partial charge is 0.371 e. The topological polar surface area (TPSA) is 54.8 Å². The average Bonchev–Trinajstić information content (AvgIpc) is 2.64. The summed E-state index contributed by atoms with van der Waals surface area (Å²) in [5.74, 6) is 1.29. The van der Waals surface area contributed by atoms with Gasteiger partial charge >= 0.3 is 0 Å². The Morgan fingerprint density at radius 1 is 1.25 bits per heavy atom. The lowest BCUT2D eigenvalue weighted by molar-refractivity contribution is -0.0612. The minimum absolute atomic E-state index is 0.186. The van der Waals surface area contributed by atoms with Gasteiger partial charge in [0.15, 0.2) is 0 Å². The summed E-state index contributed by atoms with van der Waals surface area (Å²) in [6.45, 7) is 2.44. The normalized spacial score (nSPS) is 30.6. The number of aromatic nitrogens is 1. The van der Waals surface area contributed by atoms with E-state index in [9.17, 15) is 4.21 Å². The monoisotopic (exact) mass is 345 g/mol. The first-order valence-corrected chi connectivity index (χ1v) is 10.3. The fraction of sp³-hybridized carbons (Fsp3) is 0.500. The molecule has 0 radical (unpaired) electrons. The van der Waals surface area contributed by atoms with Crippen LogP contribution < -0.4 is 4.90 Å². The Morgan fingerprint density at radius 3 is 2.83 bits per heavy atom. The van der Waals surface area contributed by atoms with Gasteiger partial charge in [0.25, 0.3) is 0 Å². The van der Waals surface area contributed by atoms with Crippen LogP contribution in [0.2, 0.25) is 0 Å². The van der Waals surface area contributed by atoms with Gasteiger partial charge in [-0.25, -0.2) is 8.57 Å². The van der Waals surface area contributed by atoms with Crippen LogP contribution in [0.3, 0.4) is 0 Å². The number of para-hydroxylation sites is 1. The molecule has 2 aromatic rings. The Bertz CT molecular complexity index is 854. The first-order chi connectivity index (χ1) is 11.6. The highest BCUT2D eigenvalue weighted by molar-refractivity contribution is 7.93. The van der Waals surface area contributed by atoms with Crippen molar-refractivity contribution in [3.63, 3.8) is 0 Å². The van der Waals surface area contributed by atoms with Gasteiger partial charge in [-0.1, -0.05) is 18.2 Å². The third-order valence-corrected chi connectivity index (χ3v) is 7.65. The van der Waals surface area contributed by atoms with Crippen molar-refractivity contribution in [2.75, 3.05) is 43.1 Å². The second-order valence-electron chi connectivity index (χ2n) is 6.66. The number of morpholine rings is 1. The molecule has 1 aromatic carbocycles. The lowest BCUT2D eigenvalue weighted by Crippen LogP contribution is -2.55. The first-order valence-electron chi connectivity index (χ1n) is 8.46. The van der Waals surface area contributed by atoms with E-state index < -0.39 is 9.73 Å². The zero-order valence-electron chi connectivity index (χ0n) is 14.0. The summed E-state index contributed by atoms with van der Waals surface area (Å²) in [5.41, 5.74) is 2.05. The molecule has 0 amide bonds. The molecule has 2 aliphatic heterocycles. The quantitative estimate of drug-likeness (QED) is 0.797. The van der Waals surface area contributed by atoms with E-state index in [-0.39, 0.29) is 5.60 Å². The van der Waals surface area contributed by atoms with Crippen LogP contribution in [0.25, 0.3) is 10.9 Å². The van der Waals surface area contributed by atoms with Crippen molar-refractivity contribution in [2.45, 2.75) is 18.4 Å². The Kier molecular flexibility index (Phi) is 3.96. The Labute approximate surface area is 143 Å². The smallest absolute Gasteiger partial charge is 0.0875 e. The third-order valence-electron chi connectivity index (χ3n) is 5.30. The summed E-state index contributed by atoms with van der Waals surface area (Å²) < 4.78 is 22.8. The van der Waals surface area contributed by atoms with Gasteiger partial charge in [0.2, 0.25) is 0 Å². The van der Waals surface area contributed by atoms with Crippen molar-refractivity contribution in [1.29, 1.82) is 0 Å². The molecule has 24 heavy (non-hydrogen) atoms. The zero-order valence-corrected chi connectivity index (χ0v) is 14.8. The minimum Gasteiger partial charge on any atom is -0.371 e. The summed E-state index contributed by atoms with van der Waals surface area (Å²) in [7, 11) is -0.326. The van der Waals surface area contributed by atoms with Crippen molar-refractivity contribution in [1.82, 2.24) is 4.98 Å². The van der Waals surface area contributed by atoms with Crippen LogP contribution in [0.15, 0.2) is 40.9 Å². The summed E-state index contributed by atoms with van der Waals surface area (Å²) in [5, 5.41) is 1.18. The van der Waals surface area contributed by atoms with E-state index in [1.807, 2.05) is 18.3 Å². The number of benzene rings is 1. The average molecular weight is 345 g/mol. The van der Waals surface area contributed by atoms with Gasteiger partial charge in [-0.15, -0.1) is 0 Å². The fourth-order valence-electron chi connectivity index (χ4n) is 3.81. The van der Waals surface area contributed by atoms with Crippen LogP contribution >= 0.6 is 0 Å².